The highest BCUT2D eigenvalue weighted by molar-refractivity contribution is 8.14. The van der Waals surface area contributed by atoms with Crippen LogP contribution >= 0.6 is 23.4 Å². The van der Waals surface area contributed by atoms with Gasteiger partial charge in [0.2, 0.25) is 0 Å². The van der Waals surface area contributed by atoms with Crippen LogP contribution in [0.15, 0.2) is 53.5 Å². The number of amidine groups is 1. The third-order valence-electron chi connectivity index (χ3n) is 3.66. The number of nitrogens with zero attached hydrogens (tertiary/aromatic N) is 2. The van der Waals surface area contributed by atoms with Gasteiger partial charge in [0.05, 0.1) is 18.3 Å². The van der Waals surface area contributed by atoms with Crippen LogP contribution in [0, 0.1) is 0 Å². The average molecular weight is 390 g/mol. The molecule has 0 saturated heterocycles. The lowest BCUT2D eigenvalue weighted by Crippen LogP contribution is -2.38. The molecule has 2 amide bonds. The van der Waals surface area contributed by atoms with Crippen LogP contribution in [0.1, 0.15) is 13.8 Å². The minimum atomic E-state index is -0.306. The summed E-state index contributed by atoms with van der Waals surface area (Å²) in [4.78, 5) is 19.3. The van der Waals surface area contributed by atoms with Crippen molar-refractivity contribution in [2.24, 2.45) is 4.99 Å². The van der Waals surface area contributed by atoms with Crippen LogP contribution in [0.3, 0.4) is 0 Å². The molecular formula is C19H20ClN3O2S. The molecule has 0 radical (unpaired) electrons. The van der Waals surface area contributed by atoms with Crippen LogP contribution in [0.2, 0.25) is 5.02 Å². The number of carbonyl (C=O) groups excluding carboxylic acids is 1. The summed E-state index contributed by atoms with van der Waals surface area (Å²) in [6.45, 7) is 4.45. The van der Waals surface area contributed by atoms with Gasteiger partial charge in [-0.25, -0.2) is 9.69 Å². The highest BCUT2D eigenvalue weighted by atomic mass is 35.5. The second kappa shape index (κ2) is 8.47. The number of benzene rings is 2. The smallest absolute Gasteiger partial charge is 0.332 e. The summed E-state index contributed by atoms with van der Waals surface area (Å²) < 4.78 is 5.72. The van der Waals surface area contributed by atoms with Gasteiger partial charge in [-0.2, -0.15) is 0 Å². The zero-order valence-corrected chi connectivity index (χ0v) is 16.2. The van der Waals surface area contributed by atoms with E-state index < -0.39 is 0 Å². The number of anilines is 2. The minimum Gasteiger partial charge on any atom is -0.492 e. The third kappa shape index (κ3) is 4.31. The summed E-state index contributed by atoms with van der Waals surface area (Å²) in [5.74, 6) is 1.48. The molecule has 2 aromatic rings. The number of thioether (sulfide) groups is 1. The zero-order valence-electron chi connectivity index (χ0n) is 14.6. The van der Waals surface area contributed by atoms with Crippen LogP contribution in [-0.4, -0.2) is 29.6 Å². The molecule has 0 unspecified atom stereocenters. The molecule has 1 aliphatic rings. The lowest BCUT2D eigenvalue weighted by atomic mass is 10.2. The molecule has 3 rings (SSSR count). The van der Waals surface area contributed by atoms with Crippen molar-refractivity contribution in [1.29, 1.82) is 0 Å². The van der Waals surface area contributed by atoms with Crippen molar-refractivity contribution >= 4 is 45.9 Å². The Labute approximate surface area is 162 Å². The first-order valence-electron chi connectivity index (χ1n) is 8.37. The Morgan fingerprint density at radius 1 is 1.35 bits per heavy atom. The number of ether oxygens (including phenoxy) is 1. The second-order valence-electron chi connectivity index (χ2n) is 5.75. The Hall–Kier alpha value is -2.18. The normalized spacial score (nSPS) is 16.1. The van der Waals surface area contributed by atoms with Crippen LogP contribution < -0.4 is 15.0 Å². The monoisotopic (exact) mass is 389 g/mol. The van der Waals surface area contributed by atoms with Crippen LogP contribution in [-0.2, 0) is 0 Å². The van der Waals surface area contributed by atoms with Crippen molar-refractivity contribution in [1.82, 2.24) is 0 Å². The lowest BCUT2D eigenvalue weighted by molar-refractivity contribution is 0.259. The Bertz CT molecular complexity index is 828. The molecule has 26 heavy (non-hydrogen) atoms. The number of aliphatic imine (C=N–C) groups is 1. The molecule has 1 aliphatic heterocycles. The first-order valence-corrected chi connectivity index (χ1v) is 9.74. The molecule has 136 valence electrons. The van der Waals surface area contributed by atoms with Gasteiger partial charge in [0, 0.05) is 16.5 Å². The summed E-state index contributed by atoms with van der Waals surface area (Å²) in [6, 6.07) is 14.4. The molecule has 1 heterocycles. The predicted molar refractivity (Wildman–Crippen MR) is 110 cm³/mol. The number of para-hydroxylation sites is 2. The highest BCUT2D eigenvalue weighted by Gasteiger charge is 2.29. The van der Waals surface area contributed by atoms with E-state index in [1.165, 1.54) is 0 Å². The van der Waals surface area contributed by atoms with Crippen molar-refractivity contribution < 1.29 is 9.53 Å². The van der Waals surface area contributed by atoms with Gasteiger partial charge in [0.15, 0.2) is 5.17 Å². The maximum absolute atomic E-state index is 13.1. The third-order valence-corrected chi connectivity index (χ3v) is 5.09. The van der Waals surface area contributed by atoms with Crippen molar-refractivity contribution in [3.63, 3.8) is 0 Å². The Kier molecular flexibility index (Phi) is 6.06. The van der Waals surface area contributed by atoms with E-state index in [9.17, 15) is 4.79 Å². The van der Waals surface area contributed by atoms with Gasteiger partial charge < -0.3 is 10.1 Å². The molecule has 1 atom stereocenters. The van der Waals surface area contributed by atoms with Crippen molar-refractivity contribution in [3.05, 3.63) is 53.6 Å². The second-order valence-corrected chi connectivity index (χ2v) is 7.17. The Morgan fingerprint density at radius 3 is 2.85 bits per heavy atom. The maximum atomic E-state index is 13.1. The molecule has 7 heteroatoms. The molecule has 1 N–H and O–H groups in total. The van der Waals surface area contributed by atoms with E-state index in [1.54, 1.807) is 40.9 Å². The highest BCUT2D eigenvalue weighted by Crippen LogP contribution is 2.33. The fraction of sp³-hybridized carbons (Fsp3) is 0.263. The fourth-order valence-electron chi connectivity index (χ4n) is 2.54. The standard InChI is InChI=1S/C19H20ClN3O2S/c1-3-25-17-10-5-4-9-16(17)23(19-21-13(2)12-26-19)18(24)22-15-8-6-7-14(20)11-15/h4-11,13H,3,12H2,1-2H3,(H,22,24)/t13-/m0/s1. The molecule has 0 saturated carbocycles. The van der Waals surface area contributed by atoms with E-state index >= 15 is 0 Å². The first-order chi connectivity index (χ1) is 12.6. The summed E-state index contributed by atoms with van der Waals surface area (Å²) in [6.07, 6.45) is 0. The number of urea groups is 1. The number of nitrogens with one attached hydrogen (secondary N) is 1. The number of hydrogen-bond acceptors (Lipinski definition) is 4. The number of carbonyl (C=O) groups is 1. The molecule has 0 aliphatic carbocycles. The van der Waals surface area contributed by atoms with Crippen molar-refractivity contribution in [2.45, 2.75) is 19.9 Å². The predicted octanol–water partition coefficient (Wildman–Crippen LogP) is 5.27. The van der Waals surface area contributed by atoms with Crippen molar-refractivity contribution in [2.75, 3.05) is 22.6 Å². The molecule has 0 fully saturated rings. The van der Waals surface area contributed by atoms with E-state index in [-0.39, 0.29) is 12.1 Å². The Morgan fingerprint density at radius 2 is 2.15 bits per heavy atom. The molecule has 0 bridgehead atoms. The molecular weight excluding hydrogens is 370 g/mol. The molecule has 5 nitrogen and oxygen atoms in total. The summed E-state index contributed by atoms with van der Waals surface area (Å²) in [7, 11) is 0. The number of halogens is 1. The largest absolute Gasteiger partial charge is 0.492 e. The van der Waals surface area contributed by atoms with Gasteiger partial charge >= 0.3 is 6.03 Å². The maximum Gasteiger partial charge on any atom is 0.332 e. The van der Waals surface area contributed by atoms with Gasteiger partial charge in [0.25, 0.3) is 0 Å². The van der Waals surface area contributed by atoms with E-state index in [0.29, 0.717) is 33.9 Å². The van der Waals surface area contributed by atoms with Gasteiger partial charge in [-0.05, 0) is 44.2 Å². The number of rotatable bonds is 4. The zero-order chi connectivity index (χ0) is 18.5. The molecule has 0 aromatic heterocycles. The molecule has 0 spiro atoms. The van der Waals surface area contributed by atoms with E-state index in [0.717, 1.165) is 5.75 Å². The van der Waals surface area contributed by atoms with Crippen LogP contribution in [0.4, 0.5) is 16.2 Å². The number of hydrogen-bond donors (Lipinski definition) is 1. The van der Waals surface area contributed by atoms with Crippen molar-refractivity contribution in [3.8, 4) is 5.75 Å². The number of amides is 2. The quantitative estimate of drug-likeness (QED) is 0.775. The van der Waals surface area contributed by atoms with Crippen LogP contribution in [0.5, 0.6) is 5.75 Å². The van der Waals surface area contributed by atoms with Gasteiger partial charge in [0.1, 0.15) is 5.75 Å². The van der Waals surface area contributed by atoms with E-state index in [1.807, 2.05) is 38.1 Å². The van der Waals surface area contributed by atoms with E-state index in [2.05, 4.69) is 10.3 Å². The molecule has 2 aromatic carbocycles. The summed E-state index contributed by atoms with van der Waals surface area (Å²) >= 11 is 7.58. The van der Waals surface area contributed by atoms with Gasteiger partial charge in [-0.1, -0.05) is 41.6 Å². The average Bonchev–Trinajstić information content (AvgIpc) is 3.03. The first kappa shape index (κ1) is 18.6. The van der Waals surface area contributed by atoms with Gasteiger partial charge in [-0.3, -0.25) is 4.99 Å². The fourth-order valence-corrected chi connectivity index (χ4v) is 3.76. The Balaban J connectivity index is 1.96. The topological polar surface area (TPSA) is 53.9 Å². The SMILES string of the molecule is CCOc1ccccc1N(C(=O)Nc1cccc(Cl)c1)C1=N[C@@H](C)CS1. The summed E-state index contributed by atoms with van der Waals surface area (Å²) in [5, 5.41) is 4.11. The van der Waals surface area contributed by atoms with E-state index in [4.69, 9.17) is 16.3 Å². The minimum absolute atomic E-state index is 0.163. The lowest BCUT2D eigenvalue weighted by Gasteiger charge is -2.24. The van der Waals surface area contributed by atoms with Crippen LogP contribution in [0.25, 0.3) is 0 Å². The van der Waals surface area contributed by atoms with Gasteiger partial charge in [-0.15, -0.1) is 0 Å². The summed E-state index contributed by atoms with van der Waals surface area (Å²) in [5.41, 5.74) is 1.28.